The van der Waals surface area contributed by atoms with Gasteiger partial charge in [0.2, 0.25) is 0 Å². The van der Waals surface area contributed by atoms with Crippen LogP contribution in [0.1, 0.15) is 42.2 Å². The first kappa shape index (κ1) is 18.2. The number of thiophene rings is 1. The number of aromatic nitrogens is 5. The third-order valence-corrected chi connectivity index (χ3v) is 7.71. The van der Waals surface area contributed by atoms with Gasteiger partial charge in [-0.05, 0) is 54.2 Å². The lowest BCUT2D eigenvalue weighted by Crippen LogP contribution is -2.38. The molecule has 30 heavy (non-hydrogen) atoms. The summed E-state index contributed by atoms with van der Waals surface area (Å²) in [5, 5.41) is 13.6. The zero-order chi connectivity index (χ0) is 20.1. The second-order valence-electron chi connectivity index (χ2n) is 8.49. The Bertz CT molecular complexity index is 1200. The Hall–Kier alpha value is -2.58. The minimum atomic E-state index is 0.501. The van der Waals surface area contributed by atoms with Gasteiger partial charge < -0.3 is 4.90 Å². The van der Waals surface area contributed by atoms with E-state index in [4.69, 9.17) is 4.98 Å². The normalized spacial score (nSPS) is 20.2. The third kappa shape index (κ3) is 2.97. The van der Waals surface area contributed by atoms with Crippen LogP contribution in [0.2, 0.25) is 0 Å². The highest BCUT2D eigenvalue weighted by Gasteiger charge is 2.29. The summed E-state index contributed by atoms with van der Waals surface area (Å²) in [5.41, 5.74) is 2.83. The van der Waals surface area contributed by atoms with E-state index < -0.39 is 0 Å². The molecule has 0 N–H and O–H groups in total. The zero-order valence-electron chi connectivity index (χ0n) is 17.2. The Morgan fingerprint density at radius 2 is 2.03 bits per heavy atom. The minimum absolute atomic E-state index is 0.501. The van der Waals surface area contributed by atoms with Gasteiger partial charge in [0.15, 0.2) is 0 Å². The van der Waals surface area contributed by atoms with Crippen LogP contribution in [0.25, 0.3) is 16.0 Å². The van der Waals surface area contributed by atoms with Crippen LogP contribution in [-0.4, -0.2) is 49.1 Å². The predicted octanol–water partition coefficient (Wildman–Crippen LogP) is 3.67. The van der Waals surface area contributed by atoms with Gasteiger partial charge in [0, 0.05) is 37.1 Å². The lowest BCUT2D eigenvalue weighted by molar-refractivity contribution is 0.249. The molecule has 0 amide bonds. The van der Waals surface area contributed by atoms with Crippen LogP contribution < -0.4 is 4.90 Å². The van der Waals surface area contributed by atoms with Crippen molar-refractivity contribution in [1.29, 1.82) is 0 Å². The van der Waals surface area contributed by atoms with E-state index in [1.807, 2.05) is 15.9 Å². The number of benzene rings is 1. The largest absolute Gasteiger partial charge is 0.353 e. The van der Waals surface area contributed by atoms with E-state index in [0.717, 1.165) is 43.2 Å². The molecular weight excluding hydrogens is 394 g/mol. The number of rotatable bonds is 3. The third-order valence-electron chi connectivity index (χ3n) is 6.52. The van der Waals surface area contributed by atoms with Gasteiger partial charge in [-0.2, -0.15) is 9.50 Å². The number of anilines is 1. The first-order valence-electron chi connectivity index (χ1n) is 10.8. The molecule has 1 unspecified atom stereocenters. The molecule has 0 bridgehead atoms. The standard InChI is InChI=1S/C22H25N7S/c1-15-7-5-6-11-28(15)20-19-17-10-12-27(13-16-8-3-2-4-9-16)14-18(17)30-21(19)29-22(23-20)24-25-26-29/h2-4,8-9,15H,5-7,10-14H2,1H3. The molecule has 1 aromatic carbocycles. The van der Waals surface area contributed by atoms with Crippen LogP contribution in [0.5, 0.6) is 0 Å². The van der Waals surface area contributed by atoms with Crippen LogP contribution in [0.3, 0.4) is 0 Å². The molecule has 0 radical (unpaired) electrons. The number of piperidine rings is 1. The Kier molecular flexibility index (Phi) is 4.42. The van der Waals surface area contributed by atoms with Crippen molar-refractivity contribution in [2.24, 2.45) is 0 Å². The zero-order valence-corrected chi connectivity index (χ0v) is 18.0. The second-order valence-corrected chi connectivity index (χ2v) is 9.58. The lowest BCUT2D eigenvalue weighted by atomic mass is 10.0. The summed E-state index contributed by atoms with van der Waals surface area (Å²) in [6.07, 6.45) is 4.79. The fourth-order valence-corrected chi connectivity index (χ4v) is 6.28. The molecule has 154 valence electrons. The Balaban J connectivity index is 1.44. The first-order chi connectivity index (χ1) is 14.8. The monoisotopic (exact) mass is 419 g/mol. The molecule has 6 rings (SSSR count). The summed E-state index contributed by atoms with van der Waals surface area (Å²) in [6, 6.07) is 11.3. The van der Waals surface area contributed by atoms with E-state index >= 15 is 0 Å². The fraction of sp³-hybridized carbons (Fsp3) is 0.455. The van der Waals surface area contributed by atoms with Gasteiger partial charge in [-0.15, -0.1) is 11.3 Å². The second kappa shape index (κ2) is 7.28. The van der Waals surface area contributed by atoms with Crippen molar-refractivity contribution in [3.8, 4) is 0 Å². The maximum absolute atomic E-state index is 4.95. The number of nitrogens with zero attached hydrogens (tertiary/aromatic N) is 7. The highest BCUT2D eigenvalue weighted by Crippen LogP contribution is 2.41. The lowest BCUT2D eigenvalue weighted by Gasteiger charge is -2.35. The average Bonchev–Trinajstić information content (AvgIpc) is 3.38. The van der Waals surface area contributed by atoms with E-state index in [9.17, 15) is 0 Å². The van der Waals surface area contributed by atoms with Crippen molar-refractivity contribution in [3.05, 3.63) is 46.3 Å². The van der Waals surface area contributed by atoms with Gasteiger partial charge in [0.25, 0.3) is 5.78 Å². The predicted molar refractivity (Wildman–Crippen MR) is 119 cm³/mol. The Morgan fingerprint density at radius 1 is 1.13 bits per heavy atom. The average molecular weight is 420 g/mol. The van der Waals surface area contributed by atoms with E-state index in [1.165, 1.54) is 40.7 Å². The quantitative estimate of drug-likeness (QED) is 0.505. The molecule has 1 atom stereocenters. The van der Waals surface area contributed by atoms with Crippen LogP contribution in [0, 0.1) is 0 Å². The maximum atomic E-state index is 4.95. The highest BCUT2D eigenvalue weighted by atomic mass is 32.1. The van der Waals surface area contributed by atoms with Gasteiger partial charge in [-0.25, -0.2) is 0 Å². The van der Waals surface area contributed by atoms with E-state index in [0.29, 0.717) is 11.8 Å². The van der Waals surface area contributed by atoms with E-state index in [-0.39, 0.29) is 0 Å². The number of fused-ring (bicyclic) bond motifs is 5. The van der Waals surface area contributed by atoms with Crippen molar-refractivity contribution in [1.82, 2.24) is 29.9 Å². The molecule has 0 spiro atoms. The van der Waals surface area contributed by atoms with Crippen molar-refractivity contribution in [2.45, 2.75) is 51.7 Å². The summed E-state index contributed by atoms with van der Waals surface area (Å²) in [6.45, 7) is 6.41. The molecule has 0 aliphatic carbocycles. The molecule has 7 nitrogen and oxygen atoms in total. The van der Waals surface area contributed by atoms with Crippen LogP contribution in [0.4, 0.5) is 5.82 Å². The Morgan fingerprint density at radius 3 is 2.90 bits per heavy atom. The number of hydrogen-bond acceptors (Lipinski definition) is 7. The molecule has 3 aromatic heterocycles. The topological polar surface area (TPSA) is 62.5 Å². The highest BCUT2D eigenvalue weighted by molar-refractivity contribution is 7.19. The molecule has 2 aliphatic heterocycles. The van der Waals surface area contributed by atoms with Crippen molar-refractivity contribution >= 4 is 33.1 Å². The van der Waals surface area contributed by atoms with Crippen LogP contribution >= 0.6 is 11.3 Å². The smallest absolute Gasteiger partial charge is 0.276 e. The van der Waals surface area contributed by atoms with Crippen LogP contribution in [0.15, 0.2) is 30.3 Å². The molecule has 8 heteroatoms. The molecule has 0 saturated carbocycles. The van der Waals surface area contributed by atoms with Crippen molar-refractivity contribution in [2.75, 3.05) is 18.0 Å². The summed E-state index contributed by atoms with van der Waals surface area (Å²) in [5.74, 6) is 1.70. The molecule has 4 aromatic rings. The van der Waals surface area contributed by atoms with Crippen molar-refractivity contribution in [3.63, 3.8) is 0 Å². The van der Waals surface area contributed by atoms with Crippen molar-refractivity contribution < 1.29 is 0 Å². The van der Waals surface area contributed by atoms with E-state index in [2.05, 4.69) is 62.6 Å². The minimum Gasteiger partial charge on any atom is -0.353 e. The summed E-state index contributed by atoms with van der Waals surface area (Å²) < 4.78 is 1.83. The van der Waals surface area contributed by atoms with E-state index in [1.54, 1.807) is 0 Å². The molecule has 1 fully saturated rings. The molecule has 2 aliphatic rings. The summed E-state index contributed by atoms with van der Waals surface area (Å²) in [4.78, 5) is 12.6. The molecule has 1 saturated heterocycles. The summed E-state index contributed by atoms with van der Waals surface area (Å²) in [7, 11) is 0. The SMILES string of the molecule is CC1CCCCN1c1nc2nnnn2c2sc3c(c12)CCN(Cc1ccccc1)C3. The number of tetrazole rings is 1. The maximum Gasteiger partial charge on any atom is 0.276 e. The van der Waals surface area contributed by atoms with Gasteiger partial charge in [-0.1, -0.05) is 35.4 Å². The molecular formula is C22H25N7S. The van der Waals surface area contributed by atoms with Gasteiger partial charge in [-0.3, -0.25) is 4.90 Å². The Labute approximate surface area is 179 Å². The molecule has 5 heterocycles. The summed E-state index contributed by atoms with van der Waals surface area (Å²) >= 11 is 1.84. The van der Waals surface area contributed by atoms with Gasteiger partial charge >= 0.3 is 0 Å². The number of hydrogen-bond donors (Lipinski definition) is 0. The van der Waals surface area contributed by atoms with Gasteiger partial charge in [0.05, 0.1) is 5.39 Å². The van der Waals surface area contributed by atoms with Crippen LogP contribution in [-0.2, 0) is 19.5 Å². The van der Waals surface area contributed by atoms with Gasteiger partial charge in [0.1, 0.15) is 10.6 Å². The first-order valence-corrected chi connectivity index (χ1v) is 11.6. The fourth-order valence-electron chi connectivity index (χ4n) is 4.95.